The molecule has 7 nitrogen and oxygen atoms in total. The van der Waals surface area contributed by atoms with Crippen LogP contribution in [0.1, 0.15) is 43.0 Å². The minimum Gasteiger partial charge on any atom is -0.368 e. The molecule has 0 radical (unpaired) electrons. The number of H-pyrrole nitrogens is 1. The molecule has 0 saturated carbocycles. The van der Waals surface area contributed by atoms with Gasteiger partial charge in [0, 0.05) is 49.1 Å². The van der Waals surface area contributed by atoms with Gasteiger partial charge in [-0.1, -0.05) is 0 Å². The van der Waals surface area contributed by atoms with Gasteiger partial charge in [-0.2, -0.15) is 0 Å². The van der Waals surface area contributed by atoms with Gasteiger partial charge in [0.2, 0.25) is 0 Å². The summed E-state index contributed by atoms with van der Waals surface area (Å²) in [6.07, 6.45) is 3.36. The number of likely N-dealkylation sites (tertiary alicyclic amines) is 1. The summed E-state index contributed by atoms with van der Waals surface area (Å²) in [5.41, 5.74) is 2.32. The van der Waals surface area contributed by atoms with E-state index < -0.39 is 0 Å². The van der Waals surface area contributed by atoms with Crippen LogP contribution in [0.15, 0.2) is 16.9 Å². The molecule has 2 aromatic rings. The Morgan fingerprint density at radius 1 is 1.29 bits per heavy atom. The maximum atomic E-state index is 12.4. The number of aromatic nitrogens is 3. The van der Waals surface area contributed by atoms with E-state index in [0.29, 0.717) is 18.2 Å². The fraction of sp³-hybridized carbons (Fsp3) is 0.588. The number of carbonyl (C=O) groups is 1. The molecular formula is C17H22N4O3. The zero-order chi connectivity index (χ0) is 16.7. The van der Waals surface area contributed by atoms with E-state index in [1.807, 2.05) is 17.9 Å². The molecule has 1 N–H and O–H groups in total. The van der Waals surface area contributed by atoms with Crippen LogP contribution in [0.2, 0.25) is 0 Å². The first-order valence-corrected chi connectivity index (χ1v) is 8.61. The van der Waals surface area contributed by atoms with Gasteiger partial charge in [0.05, 0.1) is 0 Å². The van der Waals surface area contributed by atoms with Crippen molar-refractivity contribution in [3.63, 3.8) is 0 Å². The van der Waals surface area contributed by atoms with Crippen molar-refractivity contribution in [2.45, 2.75) is 44.6 Å². The average molecular weight is 330 g/mol. The van der Waals surface area contributed by atoms with Gasteiger partial charge in [-0.3, -0.25) is 14.7 Å². The quantitative estimate of drug-likeness (QED) is 0.898. The second-order valence-corrected chi connectivity index (χ2v) is 6.74. The van der Waals surface area contributed by atoms with Crippen molar-refractivity contribution < 1.29 is 9.53 Å². The molecule has 0 aliphatic carbocycles. The molecule has 0 aromatic carbocycles. The summed E-state index contributed by atoms with van der Waals surface area (Å²) >= 11 is 0. The zero-order valence-electron chi connectivity index (χ0n) is 13.8. The van der Waals surface area contributed by atoms with E-state index in [-0.39, 0.29) is 17.6 Å². The number of nitrogens with zero attached hydrogens (tertiary/aromatic N) is 3. The minimum atomic E-state index is -0.236. The Morgan fingerprint density at radius 2 is 2.08 bits per heavy atom. The number of amides is 1. The lowest BCUT2D eigenvalue weighted by Crippen LogP contribution is -2.43. The molecule has 1 amide bonds. The first kappa shape index (κ1) is 15.4. The van der Waals surface area contributed by atoms with Crippen LogP contribution in [0.25, 0.3) is 5.65 Å². The fourth-order valence-electron chi connectivity index (χ4n) is 3.72. The van der Waals surface area contributed by atoms with Crippen LogP contribution < -0.4 is 5.56 Å². The van der Waals surface area contributed by atoms with E-state index in [1.54, 1.807) is 0 Å². The number of fused-ring (bicyclic) bond motifs is 1. The normalized spacial score (nSPS) is 22.4. The topological polar surface area (TPSA) is 79.7 Å². The van der Waals surface area contributed by atoms with Crippen LogP contribution in [0.5, 0.6) is 0 Å². The van der Waals surface area contributed by atoms with Crippen molar-refractivity contribution in [2.75, 3.05) is 19.7 Å². The second kappa shape index (κ2) is 6.05. The van der Waals surface area contributed by atoms with E-state index in [1.165, 1.54) is 10.6 Å². The Balaban J connectivity index is 1.47. The van der Waals surface area contributed by atoms with Gasteiger partial charge in [-0.05, 0) is 32.6 Å². The third kappa shape index (κ3) is 2.73. The van der Waals surface area contributed by atoms with Crippen molar-refractivity contribution in [2.24, 2.45) is 0 Å². The predicted octanol–water partition coefficient (Wildman–Crippen LogP) is 1.22. The maximum Gasteiger partial charge on any atom is 0.272 e. The fourth-order valence-corrected chi connectivity index (χ4v) is 3.72. The molecule has 0 bridgehead atoms. The van der Waals surface area contributed by atoms with Crippen LogP contribution >= 0.6 is 0 Å². The van der Waals surface area contributed by atoms with Crippen molar-refractivity contribution in [3.8, 4) is 0 Å². The Labute approximate surface area is 139 Å². The zero-order valence-corrected chi connectivity index (χ0v) is 13.8. The van der Waals surface area contributed by atoms with Gasteiger partial charge in [-0.25, -0.2) is 9.50 Å². The number of carbonyl (C=O) groups excluding carboxylic acids is 1. The standard InChI is InChI=1S/C17H22N4O3/c1-11-9-16(22)21-15(18-11)10-13(19-21)12-4-6-20(7-5-12)17(23)14-3-2-8-24-14/h9-10,12,14,19H,2-8H2,1H3/t14-/m1/s1. The van der Waals surface area contributed by atoms with Crippen LogP contribution in [-0.4, -0.2) is 51.2 Å². The van der Waals surface area contributed by atoms with Crippen molar-refractivity contribution in [3.05, 3.63) is 33.9 Å². The van der Waals surface area contributed by atoms with Gasteiger partial charge in [0.25, 0.3) is 11.5 Å². The molecule has 2 fully saturated rings. The first-order valence-electron chi connectivity index (χ1n) is 8.61. The lowest BCUT2D eigenvalue weighted by atomic mass is 9.93. The Bertz CT molecular complexity index is 811. The third-order valence-electron chi connectivity index (χ3n) is 5.05. The average Bonchev–Trinajstić information content (AvgIpc) is 3.24. The SMILES string of the molecule is Cc1cc(=O)n2[nH]c(C3CCN(C(=O)[C@H]4CCCO4)CC3)cc2n1. The number of aromatic amines is 1. The van der Waals surface area contributed by atoms with Gasteiger partial charge < -0.3 is 9.64 Å². The molecule has 24 heavy (non-hydrogen) atoms. The summed E-state index contributed by atoms with van der Waals surface area (Å²) in [6.45, 7) is 3.99. The van der Waals surface area contributed by atoms with Crippen LogP contribution in [-0.2, 0) is 9.53 Å². The van der Waals surface area contributed by atoms with Crippen LogP contribution in [0.4, 0.5) is 0 Å². The minimum absolute atomic E-state index is 0.0882. The van der Waals surface area contributed by atoms with Crippen LogP contribution in [0, 0.1) is 6.92 Å². The molecule has 2 aliphatic heterocycles. The molecule has 2 aromatic heterocycles. The summed E-state index contributed by atoms with van der Waals surface area (Å²) in [4.78, 5) is 30.7. The number of piperidine rings is 1. The first-order chi connectivity index (χ1) is 11.6. The predicted molar refractivity (Wildman–Crippen MR) is 88.1 cm³/mol. The van der Waals surface area contributed by atoms with Gasteiger partial charge in [-0.15, -0.1) is 0 Å². The molecule has 4 heterocycles. The smallest absolute Gasteiger partial charge is 0.272 e. The lowest BCUT2D eigenvalue weighted by Gasteiger charge is -2.32. The van der Waals surface area contributed by atoms with Gasteiger partial charge in [0.15, 0.2) is 5.65 Å². The third-order valence-corrected chi connectivity index (χ3v) is 5.05. The number of ether oxygens (including phenoxy) is 1. The monoisotopic (exact) mass is 330 g/mol. The van der Waals surface area contributed by atoms with E-state index >= 15 is 0 Å². The van der Waals surface area contributed by atoms with Gasteiger partial charge >= 0.3 is 0 Å². The maximum absolute atomic E-state index is 12.4. The summed E-state index contributed by atoms with van der Waals surface area (Å²) < 4.78 is 6.99. The van der Waals surface area contributed by atoms with E-state index in [2.05, 4.69) is 10.1 Å². The summed E-state index contributed by atoms with van der Waals surface area (Å²) in [6, 6.07) is 3.48. The van der Waals surface area contributed by atoms with Crippen molar-refractivity contribution >= 4 is 11.6 Å². The highest BCUT2D eigenvalue weighted by molar-refractivity contribution is 5.81. The van der Waals surface area contributed by atoms with E-state index in [4.69, 9.17) is 4.74 Å². The number of hydrogen-bond acceptors (Lipinski definition) is 4. The second-order valence-electron chi connectivity index (χ2n) is 6.74. The van der Waals surface area contributed by atoms with Crippen molar-refractivity contribution in [1.29, 1.82) is 0 Å². The summed E-state index contributed by atoms with van der Waals surface area (Å²) in [5.74, 6) is 0.455. The molecule has 0 unspecified atom stereocenters. The van der Waals surface area contributed by atoms with Gasteiger partial charge in [0.1, 0.15) is 6.10 Å². The largest absolute Gasteiger partial charge is 0.368 e. The van der Waals surface area contributed by atoms with E-state index in [9.17, 15) is 9.59 Å². The number of nitrogens with one attached hydrogen (secondary N) is 1. The van der Waals surface area contributed by atoms with E-state index in [0.717, 1.165) is 50.2 Å². The summed E-state index contributed by atoms with van der Waals surface area (Å²) in [7, 11) is 0. The Kier molecular flexibility index (Phi) is 3.88. The highest BCUT2D eigenvalue weighted by atomic mass is 16.5. The molecule has 128 valence electrons. The molecule has 2 aliphatic rings. The molecule has 4 rings (SSSR count). The number of aryl methyl sites for hydroxylation is 1. The molecule has 1 atom stereocenters. The van der Waals surface area contributed by atoms with Crippen molar-refractivity contribution in [1.82, 2.24) is 19.5 Å². The molecule has 7 heteroatoms. The highest BCUT2D eigenvalue weighted by Crippen LogP contribution is 2.28. The highest BCUT2D eigenvalue weighted by Gasteiger charge is 2.31. The number of hydrogen-bond donors (Lipinski definition) is 1. The van der Waals surface area contributed by atoms with Crippen LogP contribution in [0.3, 0.4) is 0 Å². The Morgan fingerprint density at radius 3 is 2.79 bits per heavy atom. The lowest BCUT2D eigenvalue weighted by molar-refractivity contribution is -0.142. The molecule has 0 spiro atoms. The summed E-state index contributed by atoms with van der Waals surface area (Å²) in [5, 5.41) is 3.17. The number of rotatable bonds is 2. The Hall–Kier alpha value is -2.15. The molecule has 2 saturated heterocycles. The molecular weight excluding hydrogens is 308 g/mol.